The molecule has 7 nitrogen and oxygen atoms in total. The predicted octanol–water partition coefficient (Wildman–Crippen LogP) is 7.28. The minimum atomic E-state index is -4.82. The Morgan fingerprint density at radius 2 is 1.72 bits per heavy atom. The van der Waals surface area contributed by atoms with E-state index in [2.05, 4.69) is 20.3 Å². The molecular formula is C27H18ClF4N5O2. The maximum atomic E-state index is 14.8. The minimum Gasteiger partial charge on any atom is -0.340 e. The first-order valence-electron chi connectivity index (χ1n) is 11.5. The quantitative estimate of drug-likeness (QED) is 0.125. The zero-order valence-corrected chi connectivity index (χ0v) is 20.6. The summed E-state index contributed by atoms with van der Waals surface area (Å²) in [5, 5.41) is 14.7. The number of nitro benzene ring substituents is 1. The van der Waals surface area contributed by atoms with Crippen LogP contribution in [-0.2, 0) is 18.1 Å². The Kier molecular flexibility index (Phi) is 6.69. The molecule has 0 spiro atoms. The highest BCUT2D eigenvalue weighted by Crippen LogP contribution is 2.40. The van der Waals surface area contributed by atoms with Gasteiger partial charge in [0, 0.05) is 24.8 Å². The van der Waals surface area contributed by atoms with E-state index in [1.54, 1.807) is 30.3 Å². The third kappa shape index (κ3) is 5.39. The lowest BCUT2D eigenvalue weighted by Crippen LogP contribution is -2.40. The minimum absolute atomic E-state index is 0.0282. The zero-order valence-electron chi connectivity index (χ0n) is 19.8. The molecule has 1 atom stereocenters. The summed E-state index contributed by atoms with van der Waals surface area (Å²) in [6, 6.07) is 18.2. The Bertz CT molecular complexity index is 1660. The zero-order chi connectivity index (χ0) is 27.8. The van der Waals surface area contributed by atoms with Crippen LogP contribution in [0.3, 0.4) is 0 Å². The van der Waals surface area contributed by atoms with Gasteiger partial charge in [-0.1, -0.05) is 41.9 Å². The number of hydrogen-bond donors (Lipinski definition) is 2. The number of pyridine rings is 1. The Hall–Kier alpha value is -4.51. The van der Waals surface area contributed by atoms with Crippen LogP contribution in [0.4, 0.5) is 29.2 Å². The Morgan fingerprint density at radius 1 is 0.974 bits per heavy atom. The third-order valence-electron chi connectivity index (χ3n) is 6.20. The van der Waals surface area contributed by atoms with Crippen molar-refractivity contribution in [3.8, 4) is 0 Å². The van der Waals surface area contributed by atoms with Crippen LogP contribution in [0.5, 0.6) is 0 Å². The molecule has 0 saturated carbocycles. The lowest BCUT2D eigenvalue weighted by molar-refractivity contribution is -0.384. The van der Waals surface area contributed by atoms with Crippen molar-refractivity contribution in [2.75, 3.05) is 5.32 Å². The van der Waals surface area contributed by atoms with E-state index in [0.29, 0.717) is 27.7 Å². The number of H-pyrrole nitrogens is 1. The van der Waals surface area contributed by atoms with E-state index < -0.39 is 28.0 Å². The summed E-state index contributed by atoms with van der Waals surface area (Å²) in [4.78, 5) is 22.5. The Morgan fingerprint density at radius 3 is 2.38 bits per heavy atom. The number of halogens is 5. The van der Waals surface area contributed by atoms with Crippen molar-refractivity contribution in [2.24, 2.45) is 0 Å². The van der Waals surface area contributed by atoms with Crippen LogP contribution in [0.2, 0.25) is 5.02 Å². The molecule has 0 saturated heterocycles. The highest BCUT2D eigenvalue weighted by atomic mass is 35.5. The van der Waals surface area contributed by atoms with E-state index in [1.165, 1.54) is 36.5 Å². The standard InChI is InChI=1S/C27H18ClF4N5O2/c28-19-6-9-24(33-15-19)26(14-16-4-2-1-3-5-16,17-10-18(27(30,31)32)12-20(29)11-17)36-25-34-22-8-7-21(37(38)39)13-23(22)35-25/h1-13,15H,14H2,(H2,34,35,36)/t26-/m1/s1. The van der Waals surface area contributed by atoms with Crippen molar-refractivity contribution < 1.29 is 22.5 Å². The van der Waals surface area contributed by atoms with Gasteiger partial charge in [0.1, 0.15) is 11.4 Å². The fourth-order valence-corrected chi connectivity index (χ4v) is 4.54. The summed E-state index contributed by atoms with van der Waals surface area (Å²) in [6.45, 7) is 0. The van der Waals surface area contributed by atoms with Gasteiger partial charge in [-0.2, -0.15) is 13.2 Å². The number of hydrogen-bond acceptors (Lipinski definition) is 5. The predicted molar refractivity (Wildman–Crippen MR) is 138 cm³/mol. The van der Waals surface area contributed by atoms with E-state index in [0.717, 1.165) is 12.1 Å². The van der Waals surface area contributed by atoms with Crippen molar-refractivity contribution in [1.82, 2.24) is 15.0 Å². The summed E-state index contributed by atoms with van der Waals surface area (Å²) < 4.78 is 56.2. The lowest BCUT2D eigenvalue weighted by atomic mass is 9.80. The number of nitro groups is 1. The number of aromatic amines is 1. The SMILES string of the molecule is O=[N+]([O-])c1ccc2nc(N[C@](Cc3ccccc3)(c3cc(F)cc(C(F)(F)F)c3)c3ccc(Cl)cn3)[nH]c2c1. The van der Waals surface area contributed by atoms with Crippen LogP contribution in [-0.4, -0.2) is 19.9 Å². The number of nitrogens with zero attached hydrogens (tertiary/aromatic N) is 3. The molecule has 3 aromatic carbocycles. The number of aromatic nitrogens is 3. The highest BCUT2D eigenvalue weighted by molar-refractivity contribution is 6.30. The van der Waals surface area contributed by atoms with Crippen molar-refractivity contribution in [3.63, 3.8) is 0 Å². The Labute approximate surface area is 223 Å². The number of rotatable bonds is 7. The summed E-state index contributed by atoms with van der Waals surface area (Å²) in [7, 11) is 0. The van der Waals surface area contributed by atoms with E-state index in [-0.39, 0.29) is 29.3 Å². The van der Waals surface area contributed by atoms with Gasteiger partial charge in [0.15, 0.2) is 0 Å². The Balaban J connectivity index is 1.76. The topological polar surface area (TPSA) is 96.7 Å². The lowest BCUT2D eigenvalue weighted by Gasteiger charge is -2.35. The highest BCUT2D eigenvalue weighted by Gasteiger charge is 2.40. The number of nitrogens with one attached hydrogen (secondary N) is 2. The first kappa shape index (κ1) is 26.1. The van der Waals surface area contributed by atoms with Crippen LogP contribution < -0.4 is 5.32 Å². The van der Waals surface area contributed by atoms with Crippen LogP contribution in [0.1, 0.15) is 22.4 Å². The second-order valence-electron chi connectivity index (χ2n) is 8.82. The summed E-state index contributed by atoms with van der Waals surface area (Å²) in [5.74, 6) is -1.01. The molecule has 0 aliphatic rings. The van der Waals surface area contributed by atoms with Gasteiger partial charge in [0.2, 0.25) is 5.95 Å². The monoisotopic (exact) mass is 555 g/mol. The number of fused-ring (bicyclic) bond motifs is 1. The second kappa shape index (κ2) is 9.99. The summed E-state index contributed by atoms with van der Waals surface area (Å²) in [5.41, 5.74) is -1.38. The van der Waals surface area contributed by atoms with Gasteiger partial charge in [0.25, 0.3) is 5.69 Å². The van der Waals surface area contributed by atoms with E-state index in [4.69, 9.17) is 11.6 Å². The maximum absolute atomic E-state index is 14.8. The molecular weight excluding hydrogens is 538 g/mol. The molecule has 2 N–H and O–H groups in total. The van der Waals surface area contributed by atoms with Crippen molar-refractivity contribution >= 4 is 34.3 Å². The van der Waals surface area contributed by atoms with Gasteiger partial charge in [-0.15, -0.1) is 0 Å². The van der Waals surface area contributed by atoms with Crippen LogP contribution >= 0.6 is 11.6 Å². The van der Waals surface area contributed by atoms with E-state index >= 15 is 0 Å². The molecule has 5 rings (SSSR count). The number of imidazole rings is 1. The normalized spacial score (nSPS) is 13.3. The van der Waals surface area contributed by atoms with E-state index in [9.17, 15) is 27.7 Å². The average Bonchev–Trinajstić information content (AvgIpc) is 3.30. The van der Waals surface area contributed by atoms with Gasteiger partial charge < -0.3 is 10.3 Å². The number of non-ortho nitro benzene ring substituents is 1. The third-order valence-corrected chi connectivity index (χ3v) is 6.43. The fourth-order valence-electron chi connectivity index (χ4n) is 4.42. The molecule has 0 radical (unpaired) electrons. The molecule has 2 heterocycles. The smallest absolute Gasteiger partial charge is 0.340 e. The van der Waals surface area contributed by atoms with Crippen LogP contribution in [0, 0.1) is 15.9 Å². The van der Waals surface area contributed by atoms with Gasteiger partial charge >= 0.3 is 6.18 Å². The molecule has 0 bridgehead atoms. The maximum Gasteiger partial charge on any atom is 0.416 e. The fraction of sp³-hybridized carbons (Fsp3) is 0.111. The molecule has 5 aromatic rings. The van der Waals surface area contributed by atoms with Crippen molar-refractivity contribution in [3.05, 3.63) is 128 Å². The van der Waals surface area contributed by atoms with Gasteiger partial charge in [0.05, 0.1) is 32.2 Å². The summed E-state index contributed by atoms with van der Waals surface area (Å²) in [6.07, 6.45) is -3.45. The summed E-state index contributed by atoms with van der Waals surface area (Å²) >= 11 is 6.07. The van der Waals surface area contributed by atoms with E-state index in [1.807, 2.05) is 0 Å². The molecule has 198 valence electrons. The van der Waals surface area contributed by atoms with Crippen LogP contribution in [0.25, 0.3) is 11.0 Å². The number of anilines is 1. The second-order valence-corrected chi connectivity index (χ2v) is 9.26. The molecule has 39 heavy (non-hydrogen) atoms. The molecule has 2 aromatic heterocycles. The van der Waals surface area contributed by atoms with Crippen molar-refractivity contribution in [2.45, 2.75) is 18.1 Å². The van der Waals surface area contributed by atoms with Gasteiger partial charge in [-0.05, 0) is 47.5 Å². The molecule has 0 unspecified atom stereocenters. The molecule has 0 fully saturated rings. The first-order valence-corrected chi connectivity index (χ1v) is 11.9. The largest absolute Gasteiger partial charge is 0.416 e. The molecule has 12 heteroatoms. The van der Waals surface area contributed by atoms with Gasteiger partial charge in [-0.25, -0.2) is 9.37 Å². The number of alkyl halides is 3. The molecule has 0 aliphatic heterocycles. The van der Waals surface area contributed by atoms with Crippen molar-refractivity contribution in [1.29, 1.82) is 0 Å². The molecule has 0 amide bonds. The average molecular weight is 556 g/mol. The molecule has 0 aliphatic carbocycles. The first-order chi connectivity index (χ1) is 18.5. The number of benzene rings is 3. The van der Waals surface area contributed by atoms with Gasteiger partial charge in [-0.3, -0.25) is 15.1 Å². The van der Waals surface area contributed by atoms with Crippen LogP contribution in [0.15, 0.2) is 85.1 Å².